The highest BCUT2D eigenvalue weighted by atomic mass is 16.5. The summed E-state index contributed by atoms with van der Waals surface area (Å²) in [7, 11) is 3.31. The van der Waals surface area contributed by atoms with E-state index in [9.17, 15) is 9.59 Å². The Morgan fingerprint density at radius 3 is 2.60 bits per heavy atom. The number of methoxy groups -OCH3 is 1. The number of benzene rings is 3. The molecule has 5 aromatic rings. The number of hydrogen-bond acceptors (Lipinski definition) is 4. The number of fused-ring (bicyclic) bond motifs is 2. The van der Waals surface area contributed by atoms with Crippen LogP contribution in [0.3, 0.4) is 0 Å². The average Bonchev–Trinajstić information content (AvgIpc) is 3.62. The first-order chi connectivity index (χ1) is 20.4. The molecule has 0 saturated carbocycles. The maximum atomic E-state index is 13.2. The minimum Gasteiger partial charge on any atom is -0.497 e. The van der Waals surface area contributed by atoms with Crippen LogP contribution in [0.1, 0.15) is 55.1 Å². The molecule has 0 bridgehead atoms. The lowest BCUT2D eigenvalue weighted by Gasteiger charge is -2.16. The molecular weight excluding hydrogens is 526 g/mol. The van der Waals surface area contributed by atoms with E-state index in [-0.39, 0.29) is 24.2 Å². The van der Waals surface area contributed by atoms with Gasteiger partial charge >= 0.3 is 0 Å². The van der Waals surface area contributed by atoms with E-state index >= 15 is 0 Å². The van der Waals surface area contributed by atoms with Gasteiger partial charge in [0.15, 0.2) is 0 Å². The largest absolute Gasteiger partial charge is 0.497 e. The highest BCUT2D eigenvalue weighted by molar-refractivity contribution is 5.91. The van der Waals surface area contributed by atoms with Gasteiger partial charge in [-0.15, -0.1) is 0 Å². The van der Waals surface area contributed by atoms with Crippen LogP contribution >= 0.6 is 0 Å². The fourth-order valence-electron chi connectivity index (χ4n) is 5.54. The Balaban J connectivity index is 1.29. The first-order valence-corrected chi connectivity index (χ1v) is 14.6. The minimum absolute atomic E-state index is 0.0207. The van der Waals surface area contributed by atoms with Gasteiger partial charge in [0.25, 0.3) is 0 Å². The number of aromatic nitrogens is 3. The normalized spacial score (nSPS) is 12.0. The molecule has 5 rings (SSSR count). The summed E-state index contributed by atoms with van der Waals surface area (Å²) in [6, 6.07) is 20.6. The number of carbonyl (C=O) groups excluding carboxylic acids is 2. The number of hydrogen-bond donors (Lipinski definition) is 4. The Labute approximate surface area is 246 Å². The number of carbonyl (C=O) groups is 2. The molecule has 8 heteroatoms. The van der Waals surface area contributed by atoms with Crippen LogP contribution in [0, 0.1) is 6.92 Å². The molecule has 0 aliphatic carbocycles. The van der Waals surface area contributed by atoms with Gasteiger partial charge in [0.05, 0.1) is 25.4 Å². The van der Waals surface area contributed by atoms with Crippen LogP contribution in [-0.2, 0) is 16.0 Å². The van der Waals surface area contributed by atoms with Gasteiger partial charge in [0.2, 0.25) is 11.8 Å². The molecule has 4 N–H and O–H groups in total. The number of nitrogens with one attached hydrogen (secondary N) is 4. The van der Waals surface area contributed by atoms with Gasteiger partial charge in [-0.25, -0.2) is 4.98 Å². The van der Waals surface area contributed by atoms with E-state index in [2.05, 4.69) is 50.9 Å². The summed E-state index contributed by atoms with van der Waals surface area (Å²) < 4.78 is 5.40. The molecule has 0 spiro atoms. The van der Waals surface area contributed by atoms with Crippen LogP contribution in [0.25, 0.3) is 32.9 Å². The fraction of sp³-hybridized carbons (Fsp3) is 0.324. The third-order valence-electron chi connectivity index (χ3n) is 7.99. The summed E-state index contributed by atoms with van der Waals surface area (Å²) in [4.78, 5) is 36.5. The first-order valence-electron chi connectivity index (χ1n) is 14.6. The second-order valence-corrected chi connectivity index (χ2v) is 10.8. The summed E-state index contributed by atoms with van der Waals surface area (Å²) in [5, 5.41) is 9.23. The summed E-state index contributed by atoms with van der Waals surface area (Å²) >= 11 is 0. The van der Waals surface area contributed by atoms with E-state index in [0.29, 0.717) is 13.0 Å². The van der Waals surface area contributed by atoms with Gasteiger partial charge < -0.3 is 25.3 Å². The zero-order valence-corrected chi connectivity index (χ0v) is 24.5. The molecule has 218 valence electrons. The van der Waals surface area contributed by atoms with Gasteiger partial charge in [-0.3, -0.25) is 9.59 Å². The van der Waals surface area contributed by atoms with E-state index in [1.165, 1.54) is 10.8 Å². The van der Waals surface area contributed by atoms with E-state index in [1.807, 2.05) is 43.5 Å². The maximum absolute atomic E-state index is 13.2. The lowest BCUT2D eigenvalue weighted by molar-refractivity contribution is -0.121. The molecule has 1 unspecified atom stereocenters. The number of aromatic amines is 2. The molecule has 0 radical (unpaired) electrons. The summed E-state index contributed by atoms with van der Waals surface area (Å²) in [5.74, 6) is 1.67. The van der Waals surface area contributed by atoms with Crippen LogP contribution < -0.4 is 15.4 Å². The van der Waals surface area contributed by atoms with E-state index in [4.69, 9.17) is 9.72 Å². The molecule has 2 aromatic heterocycles. The van der Waals surface area contributed by atoms with Crippen LogP contribution in [0.2, 0.25) is 0 Å². The summed E-state index contributed by atoms with van der Waals surface area (Å²) in [6.45, 7) is 2.47. The maximum Gasteiger partial charge on any atom is 0.224 e. The Hall–Kier alpha value is -4.59. The first kappa shape index (κ1) is 28.9. The van der Waals surface area contributed by atoms with Crippen molar-refractivity contribution in [3.05, 3.63) is 83.9 Å². The zero-order valence-electron chi connectivity index (χ0n) is 24.5. The molecule has 0 saturated heterocycles. The van der Waals surface area contributed by atoms with Crippen molar-refractivity contribution < 1.29 is 14.3 Å². The third kappa shape index (κ3) is 6.82. The SMILES string of the molecule is CNC(=O)CCCCCC(CNC(=O)Cc1c(C)[nH]c2ccc(OC)cc12)c1ncc(-c2ccc3ccccc3c2)[nH]1. The van der Waals surface area contributed by atoms with Crippen molar-refractivity contribution in [3.63, 3.8) is 0 Å². The smallest absolute Gasteiger partial charge is 0.224 e. The molecule has 0 fully saturated rings. The number of unbranched alkanes of at least 4 members (excludes halogenated alkanes) is 2. The van der Waals surface area contributed by atoms with Crippen molar-refractivity contribution in [2.75, 3.05) is 20.7 Å². The molecular formula is C34H39N5O3. The van der Waals surface area contributed by atoms with Crippen molar-refractivity contribution >= 4 is 33.5 Å². The van der Waals surface area contributed by atoms with Crippen molar-refractivity contribution in [2.45, 2.75) is 51.4 Å². The number of nitrogens with zero attached hydrogens (tertiary/aromatic N) is 1. The second-order valence-electron chi connectivity index (χ2n) is 10.8. The predicted octanol–water partition coefficient (Wildman–Crippen LogP) is 6.17. The molecule has 3 aromatic carbocycles. The quantitative estimate of drug-likeness (QED) is 0.128. The van der Waals surface area contributed by atoms with Crippen LogP contribution in [-0.4, -0.2) is 47.5 Å². The average molecular weight is 566 g/mol. The topological polar surface area (TPSA) is 112 Å². The number of imidazole rings is 1. The van der Waals surface area contributed by atoms with Gasteiger partial charge in [0, 0.05) is 48.1 Å². The Morgan fingerprint density at radius 1 is 0.952 bits per heavy atom. The monoisotopic (exact) mass is 565 g/mol. The number of ether oxygens (including phenoxy) is 1. The van der Waals surface area contributed by atoms with E-state index < -0.39 is 0 Å². The Kier molecular flexibility index (Phi) is 9.21. The third-order valence-corrected chi connectivity index (χ3v) is 7.99. The number of H-pyrrole nitrogens is 2. The summed E-state index contributed by atoms with van der Waals surface area (Å²) in [6.07, 6.45) is 6.24. The lowest BCUT2D eigenvalue weighted by atomic mass is 9.99. The van der Waals surface area contributed by atoms with E-state index in [1.54, 1.807) is 14.2 Å². The number of amides is 2. The van der Waals surface area contributed by atoms with Gasteiger partial charge in [-0.05, 0) is 60.4 Å². The van der Waals surface area contributed by atoms with Crippen molar-refractivity contribution in [2.24, 2.45) is 0 Å². The lowest BCUT2D eigenvalue weighted by Crippen LogP contribution is -2.30. The van der Waals surface area contributed by atoms with Crippen molar-refractivity contribution in [1.82, 2.24) is 25.6 Å². The van der Waals surface area contributed by atoms with Crippen molar-refractivity contribution in [3.8, 4) is 17.0 Å². The molecule has 2 heterocycles. The standard InChI is InChI=1S/C34H39N5O3/c1-22-28(29-18-27(42-3)15-16-30(29)38-22)19-33(41)36-20-26(11-5-4-6-12-32(40)35-2)34-37-21-31(39-34)25-14-13-23-9-7-8-10-24(23)17-25/h7-10,13-18,21,26,38H,4-6,11-12,19-20H2,1-3H3,(H,35,40)(H,36,41)(H,37,39). The second kappa shape index (κ2) is 13.4. The summed E-state index contributed by atoms with van der Waals surface area (Å²) in [5.41, 5.74) is 4.97. The molecule has 8 nitrogen and oxygen atoms in total. The highest BCUT2D eigenvalue weighted by Gasteiger charge is 2.19. The van der Waals surface area contributed by atoms with Crippen LogP contribution in [0.4, 0.5) is 0 Å². The van der Waals surface area contributed by atoms with Gasteiger partial charge in [-0.1, -0.05) is 49.2 Å². The van der Waals surface area contributed by atoms with Crippen LogP contribution in [0.15, 0.2) is 66.9 Å². The fourth-order valence-corrected chi connectivity index (χ4v) is 5.54. The minimum atomic E-state index is -0.0345. The molecule has 42 heavy (non-hydrogen) atoms. The number of aryl methyl sites for hydroxylation is 1. The van der Waals surface area contributed by atoms with Gasteiger partial charge in [0.1, 0.15) is 11.6 Å². The van der Waals surface area contributed by atoms with Crippen molar-refractivity contribution in [1.29, 1.82) is 0 Å². The molecule has 0 aliphatic rings. The van der Waals surface area contributed by atoms with E-state index in [0.717, 1.165) is 70.7 Å². The predicted molar refractivity (Wildman–Crippen MR) is 168 cm³/mol. The van der Waals surface area contributed by atoms with Crippen LogP contribution in [0.5, 0.6) is 5.75 Å². The molecule has 1 atom stereocenters. The molecule has 2 amide bonds. The molecule has 0 aliphatic heterocycles. The zero-order chi connectivity index (χ0) is 29.5. The Morgan fingerprint density at radius 2 is 1.79 bits per heavy atom. The Bertz CT molecular complexity index is 1690. The highest BCUT2D eigenvalue weighted by Crippen LogP contribution is 2.28. The van der Waals surface area contributed by atoms with Gasteiger partial charge in [-0.2, -0.15) is 0 Å². The number of rotatable bonds is 13.